The first-order chi connectivity index (χ1) is 14.5. The number of aromatic nitrogens is 2. The molecule has 2 saturated heterocycles. The summed E-state index contributed by atoms with van der Waals surface area (Å²) in [5, 5.41) is 1.32. The van der Waals surface area contributed by atoms with Crippen molar-refractivity contribution in [3.63, 3.8) is 0 Å². The normalized spacial score (nSPS) is 30.6. The fourth-order valence-electron chi connectivity index (χ4n) is 5.45. The fourth-order valence-corrected chi connectivity index (χ4v) is 6.72. The molecule has 30 heavy (non-hydrogen) atoms. The summed E-state index contributed by atoms with van der Waals surface area (Å²) in [7, 11) is 0. The molecular formula is C23H34N4O2S. The third kappa shape index (κ3) is 4.09. The molecule has 0 spiro atoms. The number of aryl methyl sites for hydroxylation is 2. The predicted molar refractivity (Wildman–Crippen MR) is 122 cm³/mol. The van der Waals surface area contributed by atoms with Crippen molar-refractivity contribution in [3.05, 3.63) is 16.3 Å². The Labute approximate surface area is 183 Å². The largest absolute Gasteiger partial charge is 0.373 e. The van der Waals surface area contributed by atoms with E-state index in [1.54, 1.807) is 0 Å². The van der Waals surface area contributed by atoms with Crippen molar-refractivity contribution in [3.8, 4) is 0 Å². The van der Waals surface area contributed by atoms with Crippen molar-refractivity contribution in [2.24, 2.45) is 0 Å². The maximum absolute atomic E-state index is 6.01. The lowest BCUT2D eigenvalue weighted by atomic mass is 9.96. The quantitative estimate of drug-likeness (QED) is 0.738. The maximum atomic E-state index is 6.01. The molecule has 164 valence electrons. The van der Waals surface area contributed by atoms with Crippen molar-refractivity contribution in [1.29, 1.82) is 0 Å². The van der Waals surface area contributed by atoms with Gasteiger partial charge < -0.3 is 14.4 Å². The topological polar surface area (TPSA) is 50.7 Å². The number of hydrogen-bond donors (Lipinski definition) is 0. The SMILES string of the molecule is C[C@@H]1CN(Cc2nc(N3C[C@@H](C)O[C@@H](C)C3)c3c4c(sc3n2)CCCC4)C[C@H](C)O1. The Balaban J connectivity index is 1.54. The van der Waals surface area contributed by atoms with Gasteiger partial charge in [-0.3, -0.25) is 4.90 Å². The van der Waals surface area contributed by atoms with Gasteiger partial charge in [-0.15, -0.1) is 11.3 Å². The van der Waals surface area contributed by atoms with Gasteiger partial charge in [-0.1, -0.05) is 0 Å². The van der Waals surface area contributed by atoms with E-state index in [9.17, 15) is 0 Å². The molecule has 0 radical (unpaired) electrons. The summed E-state index contributed by atoms with van der Waals surface area (Å²) in [6.07, 6.45) is 5.89. The highest BCUT2D eigenvalue weighted by atomic mass is 32.1. The van der Waals surface area contributed by atoms with E-state index in [0.717, 1.165) is 44.4 Å². The number of nitrogens with zero attached hydrogens (tertiary/aromatic N) is 4. The molecule has 2 aromatic rings. The lowest BCUT2D eigenvalue weighted by Gasteiger charge is -2.37. The van der Waals surface area contributed by atoms with Crippen LogP contribution in [0.1, 0.15) is 56.8 Å². The molecule has 2 fully saturated rings. The van der Waals surface area contributed by atoms with Gasteiger partial charge in [0, 0.05) is 31.1 Å². The Morgan fingerprint density at radius 2 is 1.50 bits per heavy atom. The highest BCUT2D eigenvalue weighted by Gasteiger charge is 2.29. The van der Waals surface area contributed by atoms with Gasteiger partial charge in [-0.2, -0.15) is 0 Å². The molecule has 1 aliphatic carbocycles. The van der Waals surface area contributed by atoms with Gasteiger partial charge in [-0.05, 0) is 58.9 Å². The van der Waals surface area contributed by atoms with E-state index in [-0.39, 0.29) is 24.4 Å². The van der Waals surface area contributed by atoms with Crippen LogP contribution in [0.2, 0.25) is 0 Å². The lowest BCUT2D eigenvalue weighted by molar-refractivity contribution is -0.0710. The zero-order valence-electron chi connectivity index (χ0n) is 18.7. The van der Waals surface area contributed by atoms with Crippen molar-refractivity contribution in [1.82, 2.24) is 14.9 Å². The number of thiophene rings is 1. The minimum atomic E-state index is 0.220. The first kappa shape index (κ1) is 20.6. The van der Waals surface area contributed by atoms with E-state index in [4.69, 9.17) is 19.4 Å². The third-order valence-electron chi connectivity index (χ3n) is 6.42. The molecule has 4 heterocycles. The van der Waals surface area contributed by atoms with Crippen LogP contribution in [-0.4, -0.2) is 65.5 Å². The summed E-state index contributed by atoms with van der Waals surface area (Å²) >= 11 is 1.90. The number of hydrogen-bond acceptors (Lipinski definition) is 7. The summed E-state index contributed by atoms with van der Waals surface area (Å²) in [6.45, 7) is 13.1. The Morgan fingerprint density at radius 1 is 0.867 bits per heavy atom. The molecule has 4 atom stereocenters. The van der Waals surface area contributed by atoms with Gasteiger partial charge >= 0.3 is 0 Å². The molecule has 7 heteroatoms. The Bertz CT molecular complexity index is 896. The smallest absolute Gasteiger partial charge is 0.146 e. The van der Waals surface area contributed by atoms with E-state index in [2.05, 4.69) is 37.5 Å². The van der Waals surface area contributed by atoms with Crippen molar-refractivity contribution < 1.29 is 9.47 Å². The predicted octanol–water partition coefficient (Wildman–Crippen LogP) is 3.79. The van der Waals surface area contributed by atoms with Crippen LogP contribution in [-0.2, 0) is 28.9 Å². The minimum Gasteiger partial charge on any atom is -0.373 e. The summed E-state index contributed by atoms with van der Waals surface area (Å²) in [4.78, 5) is 17.9. The molecule has 2 aliphatic heterocycles. The molecule has 0 N–H and O–H groups in total. The average Bonchev–Trinajstić information content (AvgIpc) is 3.04. The molecule has 2 aromatic heterocycles. The van der Waals surface area contributed by atoms with Crippen molar-refractivity contribution >= 4 is 27.4 Å². The molecule has 0 unspecified atom stereocenters. The molecule has 0 bridgehead atoms. The summed E-state index contributed by atoms with van der Waals surface area (Å²) in [6, 6.07) is 0. The zero-order chi connectivity index (χ0) is 20.8. The van der Waals surface area contributed by atoms with Crippen molar-refractivity contribution in [2.45, 2.75) is 84.3 Å². The van der Waals surface area contributed by atoms with Crippen LogP contribution in [0, 0.1) is 0 Å². The molecule has 0 aromatic carbocycles. The average molecular weight is 431 g/mol. The number of anilines is 1. The van der Waals surface area contributed by atoms with Gasteiger partial charge in [0.2, 0.25) is 0 Å². The Kier molecular flexibility index (Phi) is 5.73. The first-order valence-electron chi connectivity index (χ1n) is 11.6. The van der Waals surface area contributed by atoms with E-state index in [0.29, 0.717) is 0 Å². The van der Waals surface area contributed by atoms with Crippen LogP contribution in [0.25, 0.3) is 10.2 Å². The summed E-state index contributed by atoms with van der Waals surface area (Å²) in [5.74, 6) is 2.09. The lowest BCUT2D eigenvalue weighted by Crippen LogP contribution is -2.46. The van der Waals surface area contributed by atoms with Crippen LogP contribution in [0.5, 0.6) is 0 Å². The van der Waals surface area contributed by atoms with Gasteiger partial charge in [-0.25, -0.2) is 9.97 Å². The van der Waals surface area contributed by atoms with Gasteiger partial charge in [0.15, 0.2) is 0 Å². The summed E-state index contributed by atoms with van der Waals surface area (Å²) in [5.41, 5.74) is 1.52. The van der Waals surface area contributed by atoms with Crippen molar-refractivity contribution in [2.75, 3.05) is 31.1 Å². The molecule has 5 rings (SSSR count). The Hall–Kier alpha value is -1.28. The highest BCUT2D eigenvalue weighted by Crippen LogP contribution is 2.40. The zero-order valence-corrected chi connectivity index (χ0v) is 19.5. The second-order valence-corrected chi connectivity index (χ2v) is 10.6. The second-order valence-electron chi connectivity index (χ2n) is 9.47. The molecule has 3 aliphatic rings. The first-order valence-corrected chi connectivity index (χ1v) is 12.4. The van der Waals surface area contributed by atoms with E-state index in [1.165, 1.54) is 46.3 Å². The fraction of sp³-hybridized carbons (Fsp3) is 0.739. The molecule has 6 nitrogen and oxygen atoms in total. The number of ether oxygens (including phenoxy) is 2. The third-order valence-corrected chi connectivity index (χ3v) is 7.61. The second kappa shape index (κ2) is 8.34. The Morgan fingerprint density at radius 3 is 2.20 bits per heavy atom. The van der Waals surface area contributed by atoms with Crippen LogP contribution >= 0.6 is 11.3 Å². The van der Waals surface area contributed by atoms with E-state index < -0.39 is 0 Å². The molecular weight excluding hydrogens is 396 g/mol. The highest BCUT2D eigenvalue weighted by molar-refractivity contribution is 7.19. The van der Waals surface area contributed by atoms with E-state index >= 15 is 0 Å². The molecule has 0 saturated carbocycles. The van der Waals surface area contributed by atoms with E-state index in [1.807, 2.05) is 11.3 Å². The van der Waals surface area contributed by atoms with Gasteiger partial charge in [0.05, 0.1) is 36.3 Å². The molecule has 0 amide bonds. The number of morpholine rings is 2. The summed E-state index contributed by atoms with van der Waals surface area (Å²) < 4.78 is 11.9. The standard InChI is InChI=1S/C23H34N4O2S/c1-14-9-26(10-15(2)28-14)13-20-24-22(27-11-16(3)29-17(4)12-27)21-18-7-5-6-8-19(18)30-23(21)25-20/h14-17H,5-13H2,1-4H3/t14-,15+,16-,17+. The van der Waals surface area contributed by atoms with Crippen LogP contribution < -0.4 is 4.90 Å². The minimum absolute atomic E-state index is 0.220. The van der Waals surface area contributed by atoms with Crippen LogP contribution in [0.3, 0.4) is 0 Å². The monoisotopic (exact) mass is 430 g/mol. The van der Waals surface area contributed by atoms with Gasteiger partial charge in [0.1, 0.15) is 16.5 Å². The van der Waals surface area contributed by atoms with Gasteiger partial charge in [0.25, 0.3) is 0 Å². The number of fused-ring (bicyclic) bond motifs is 3. The number of rotatable bonds is 3. The van der Waals surface area contributed by atoms with Crippen LogP contribution in [0.15, 0.2) is 0 Å². The van der Waals surface area contributed by atoms with Crippen LogP contribution in [0.4, 0.5) is 5.82 Å². The maximum Gasteiger partial charge on any atom is 0.146 e.